The molecule has 0 fully saturated rings. The second kappa shape index (κ2) is 6.39. The van der Waals surface area contributed by atoms with E-state index in [1.165, 1.54) is 4.90 Å². The fourth-order valence-corrected chi connectivity index (χ4v) is 2.09. The number of hydrogen-bond donors (Lipinski definition) is 1. The van der Waals surface area contributed by atoms with Crippen molar-refractivity contribution in [3.63, 3.8) is 0 Å². The third-order valence-corrected chi connectivity index (χ3v) is 2.99. The lowest BCUT2D eigenvalue weighted by atomic mass is 10.1. The first kappa shape index (κ1) is 15.7. The molecule has 0 saturated heterocycles. The summed E-state index contributed by atoms with van der Waals surface area (Å²) in [7, 11) is 0. The third kappa shape index (κ3) is 3.91. The second-order valence-electron chi connectivity index (χ2n) is 5.84. The van der Waals surface area contributed by atoms with E-state index >= 15 is 0 Å². The van der Waals surface area contributed by atoms with Crippen molar-refractivity contribution in [2.75, 3.05) is 4.90 Å². The molecule has 22 heavy (non-hydrogen) atoms. The monoisotopic (exact) mass is 297 g/mol. The standard InChI is InChI=1S/C17H19N3O2/c1-17(2,3)20(16(21)22)15-11-7-10-14(12-15)19-18-13-8-5-4-6-9-13/h4-12H,1-3H3,(H,21,22). The van der Waals surface area contributed by atoms with Crippen LogP contribution in [0.5, 0.6) is 0 Å². The van der Waals surface area contributed by atoms with Gasteiger partial charge in [-0.2, -0.15) is 10.2 Å². The first-order chi connectivity index (χ1) is 10.4. The Morgan fingerprint density at radius 1 is 0.955 bits per heavy atom. The zero-order chi connectivity index (χ0) is 16.2. The minimum Gasteiger partial charge on any atom is -0.465 e. The zero-order valence-electron chi connectivity index (χ0n) is 12.9. The first-order valence-corrected chi connectivity index (χ1v) is 6.98. The Bertz CT molecular complexity index is 676. The van der Waals surface area contributed by atoms with Gasteiger partial charge in [0.15, 0.2) is 0 Å². The predicted molar refractivity (Wildman–Crippen MR) is 87.3 cm³/mol. The highest BCUT2D eigenvalue weighted by molar-refractivity contribution is 5.88. The number of azo groups is 1. The number of carbonyl (C=O) groups is 1. The molecule has 0 aliphatic heterocycles. The minimum absolute atomic E-state index is 0.541. The Morgan fingerprint density at radius 3 is 2.14 bits per heavy atom. The molecule has 0 aromatic heterocycles. The van der Waals surface area contributed by atoms with Gasteiger partial charge in [-0.3, -0.25) is 4.90 Å². The van der Waals surface area contributed by atoms with Crippen LogP contribution in [0, 0.1) is 0 Å². The SMILES string of the molecule is CC(C)(C)N(C(=O)O)c1cccc(N=Nc2ccccc2)c1. The van der Waals surface area contributed by atoms with Gasteiger partial charge in [0.2, 0.25) is 0 Å². The van der Waals surface area contributed by atoms with E-state index in [1.807, 2.05) is 51.1 Å². The molecule has 0 spiro atoms. The van der Waals surface area contributed by atoms with Gasteiger partial charge >= 0.3 is 6.09 Å². The fraction of sp³-hybridized carbons (Fsp3) is 0.235. The molecule has 0 radical (unpaired) electrons. The van der Waals surface area contributed by atoms with Gasteiger partial charge in [-0.1, -0.05) is 24.3 Å². The number of nitrogens with zero attached hydrogens (tertiary/aromatic N) is 3. The van der Waals surface area contributed by atoms with Gasteiger partial charge in [0, 0.05) is 11.2 Å². The van der Waals surface area contributed by atoms with Crippen LogP contribution < -0.4 is 4.90 Å². The number of carboxylic acid groups (broad SMARTS) is 1. The van der Waals surface area contributed by atoms with Gasteiger partial charge in [-0.15, -0.1) is 0 Å². The molecule has 1 N–H and O–H groups in total. The number of anilines is 1. The van der Waals surface area contributed by atoms with E-state index in [2.05, 4.69) is 10.2 Å². The Morgan fingerprint density at radius 2 is 1.55 bits per heavy atom. The molecule has 5 heteroatoms. The van der Waals surface area contributed by atoms with Crippen LogP contribution in [-0.2, 0) is 0 Å². The quantitative estimate of drug-likeness (QED) is 0.772. The van der Waals surface area contributed by atoms with Gasteiger partial charge in [-0.25, -0.2) is 4.79 Å². The molecular weight excluding hydrogens is 278 g/mol. The van der Waals surface area contributed by atoms with E-state index in [-0.39, 0.29) is 0 Å². The summed E-state index contributed by atoms with van der Waals surface area (Å²) in [6.45, 7) is 5.54. The highest BCUT2D eigenvalue weighted by Crippen LogP contribution is 2.28. The Balaban J connectivity index is 2.30. The van der Waals surface area contributed by atoms with E-state index in [1.54, 1.807) is 24.3 Å². The van der Waals surface area contributed by atoms with Crippen LogP contribution in [0.1, 0.15) is 20.8 Å². The molecule has 0 aliphatic rings. The summed E-state index contributed by atoms with van der Waals surface area (Å²) in [4.78, 5) is 12.8. The molecule has 114 valence electrons. The Labute approximate surface area is 129 Å². The minimum atomic E-state index is -0.996. The van der Waals surface area contributed by atoms with E-state index in [9.17, 15) is 9.90 Å². The van der Waals surface area contributed by atoms with Gasteiger partial charge in [-0.05, 0) is 51.1 Å². The number of rotatable bonds is 3. The largest absolute Gasteiger partial charge is 0.465 e. The van der Waals surface area contributed by atoms with E-state index in [4.69, 9.17) is 0 Å². The highest BCUT2D eigenvalue weighted by Gasteiger charge is 2.27. The van der Waals surface area contributed by atoms with Gasteiger partial charge in [0.25, 0.3) is 0 Å². The van der Waals surface area contributed by atoms with Crippen LogP contribution in [0.15, 0.2) is 64.8 Å². The summed E-state index contributed by atoms with van der Waals surface area (Å²) in [6.07, 6.45) is -0.996. The molecule has 5 nitrogen and oxygen atoms in total. The number of amides is 1. The summed E-state index contributed by atoms with van der Waals surface area (Å²) >= 11 is 0. The molecule has 2 aromatic rings. The summed E-state index contributed by atoms with van der Waals surface area (Å²) in [5.74, 6) is 0. The third-order valence-electron chi connectivity index (χ3n) is 2.99. The molecule has 0 atom stereocenters. The first-order valence-electron chi connectivity index (χ1n) is 6.98. The zero-order valence-corrected chi connectivity index (χ0v) is 12.9. The van der Waals surface area contributed by atoms with E-state index < -0.39 is 11.6 Å². The summed E-state index contributed by atoms with van der Waals surface area (Å²) < 4.78 is 0. The maximum absolute atomic E-state index is 11.5. The lowest BCUT2D eigenvalue weighted by Gasteiger charge is -2.33. The topological polar surface area (TPSA) is 65.3 Å². The summed E-state index contributed by atoms with van der Waals surface area (Å²) in [5, 5.41) is 17.7. The lowest BCUT2D eigenvalue weighted by Crippen LogP contribution is -2.45. The normalized spacial score (nSPS) is 11.6. The van der Waals surface area contributed by atoms with Crippen molar-refractivity contribution in [2.24, 2.45) is 10.2 Å². The molecule has 2 aromatic carbocycles. The summed E-state index contributed by atoms with van der Waals surface area (Å²) in [6, 6.07) is 16.4. The second-order valence-corrected chi connectivity index (χ2v) is 5.84. The van der Waals surface area contributed by atoms with Crippen molar-refractivity contribution >= 4 is 23.2 Å². The lowest BCUT2D eigenvalue weighted by molar-refractivity contribution is 0.195. The molecule has 1 amide bonds. The van der Waals surface area contributed by atoms with Crippen molar-refractivity contribution in [3.8, 4) is 0 Å². The molecular formula is C17H19N3O2. The maximum atomic E-state index is 11.5. The number of hydrogen-bond acceptors (Lipinski definition) is 3. The van der Waals surface area contributed by atoms with E-state index in [0.717, 1.165) is 5.69 Å². The van der Waals surface area contributed by atoms with Crippen LogP contribution in [0.25, 0.3) is 0 Å². The molecule has 2 rings (SSSR count). The van der Waals surface area contributed by atoms with Crippen LogP contribution in [-0.4, -0.2) is 16.7 Å². The Kier molecular flexibility index (Phi) is 4.56. The van der Waals surface area contributed by atoms with E-state index in [0.29, 0.717) is 11.4 Å². The smallest absolute Gasteiger partial charge is 0.412 e. The van der Waals surface area contributed by atoms with Crippen molar-refractivity contribution in [2.45, 2.75) is 26.3 Å². The van der Waals surface area contributed by atoms with Crippen molar-refractivity contribution < 1.29 is 9.90 Å². The van der Waals surface area contributed by atoms with Crippen LogP contribution >= 0.6 is 0 Å². The molecule has 0 bridgehead atoms. The molecule has 0 saturated carbocycles. The molecule has 0 heterocycles. The van der Waals surface area contributed by atoms with Gasteiger partial charge in [0.1, 0.15) is 0 Å². The Hall–Kier alpha value is -2.69. The maximum Gasteiger partial charge on any atom is 0.412 e. The van der Waals surface area contributed by atoms with Crippen molar-refractivity contribution in [3.05, 3.63) is 54.6 Å². The highest BCUT2D eigenvalue weighted by atomic mass is 16.4. The van der Waals surface area contributed by atoms with Crippen LogP contribution in [0.2, 0.25) is 0 Å². The van der Waals surface area contributed by atoms with Crippen molar-refractivity contribution in [1.29, 1.82) is 0 Å². The summed E-state index contributed by atoms with van der Waals surface area (Å²) in [5.41, 5.74) is 1.39. The predicted octanol–water partition coefficient (Wildman–Crippen LogP) is 5.38. The fourth-order valence-electron chi connectivity index (χ4n) is 2.09. The van der Waals surface area contributed by atoms with Crippen molar-refractivity contribution in [1.82, 2.24) is 0 Å². The van der Waals surface area contributed by atoms with Crippen LogP contribution in [0.3, 0.4) is 0 Å². The number of benzene rings is 2. The average molecular weight is 297 g/mol. The van der Waals surface area contributed by atoms with Gasteiger partial charge < -0.3 is 5.11 Å². The molecule has 0 aliphatic carbocycles. The average Bonchev–Trinajstić information content (AvgIpc) is 2.45. The van der Waals surface area contributed by atoms with Crippen LogP contribution in [0.4, 0.5) is 21.9 Å². The van der Waals surface area contributed by atoms with Gasteiger partial charge in [0.05, 0.1) is 11.4 Å². The molecule has 0 unspecified atom stereocenters.